The third kappa shape index (κ3) is 4.78. The lowest BCUT2D eigenvalue weighted by Gasteiger charge is -2.03. The number of anilines is 1. The minimum absolute atomic E-state index is 0.224. The van der Waals surface area contributed by atoms with Crippen molar-refractivity contribution in [2.45, 2.75) is 13.3 Å². The van der Waals surface area contributed by atoms with Crippen molar-refractivity contribution in [3.05, 3.63) is 82.0 Å². The number of nitrogens with one attached hydrogen (secondary N) is 1. The molecular formula is C21H17Cl2NO2. The highest BCUT2D eigenvalue weighted by Crippen LogP contribution is 2.28. The van der Waals surface area contributed by atoms with E-state index in [4.69, 9.17) is 27.6 Å². The number of rotatable bonds is 5. The highest BCUT2D eigenvalue weighted by atomic mass is 35.5. The lowest BCUT2D eigenvalue weighted by atomic mass is 10.1. The van der Waals surface area contributed by atoms with Gasteiger partial charge in [-0.05, 0) is 60.5 Å². The molecule has 0 bridgehead atoms. The minimum atomic E-state index is -0.224. The average molecular weight is 386 g/mol. The number of carbonyl (C=O) groups excluding carboxylic acids is 1. The summed E-state index contributed by atoms with van der Waals surface area (Å²) in [4.78, 5) is 12.0. The number of benzene rings is 2. The number of hydrogen-bond donors (Lipinski definition) is 1. The number of carbonyl (C=O) groups is 1. The molecule has 0 aliphatic heterocycles. The highest BCUT2D eigenvalue weighted by Gasteiger charge is 2.06. The number of halogens is 2. The van der Waals surface area contributed by atoms with E-state index in [1.54, 1.807) is 30.3 Å². The molecule has 1 N–H and O–H groups in total. The van der Waals surface area contributed by atoms with Crippen LogP contribution in [0.5, 0.6) is 0 Å². The Hall–Kier alpha value is -2.49. The van der Waals surface area contributed by atoms with Gasteiger partial charge in [0.15, 0.2) is 0 Å². The van der Waals surface area contributed by atoms with Crippen molar-refractivity contribution in [2.24, 2.45) is 0 Å². The van der Waals surface area contributed by atoms with E-state index in [0.29, 0.717) is 21.6 Å². The summed E-state index contributed by atoms with van der Waals surface area (Å²) in [7, 11) is 0. The van der Waals surface area contributed by atoms with E-state index < -0.39 is 0 Å². The molecule has 0 aliphatic carbocycles. The molecule has 132 valence electrons. The molecule has 3 rings (SSSR count). The normalized spacial score (nSPS) is 11.0. The first-order valence-electron chi connectivity index (χ1n) is 8.18. The van der Waals surface area contributed by atoms with Gasteiger partial charge in [-0.25, -0.2) is 0 Å². The average Bonchev–Trinajstić information content (AvgIpc) is 3.09. The summed E-state index contributed by atoms with van der Waals surface area (Å²) in [6.07, 6.45) is 4.01. The summed E-state index contributed by atoms with van der Waals surface area (Å²) >= 11 is 12.0. The Bertz CT molecular complexity index is 923. The van der Waals surface area contributed by atoms with Crippen molar-refractivity contribution in [1.29, 1.82) is 0 Å². The summed E-state index contributed by atoms with van der Waals surface area (Å²) in [5.41, 5.74) is 2.76. The lowest BCUT2D eigenvalue weighted by Crippen LogP contribution is -2.07. The van der Waals surface area contributed by atoms with Crippen LogP contribution in [-0.2, 0) is 11.2 Å². The predicted molar refractivity (Wildman–Crippen MR) is 108 cm³/mol. The van der Waals surface area contributed by atoms with E-state index in [9.17, 15) is 4.79 Å². The van der Waals surface area contributed by atoms with Crippen molar-refractivity contribution in [1.82, 2.24) is 0 Å². The fraction of sp³-hybridized carbons (Fsp3) is 0.0952. The number of hydrogen-bond acceptors (Lipinski definition) is 2. The van der Waals surface area contributed by atoms with Crippen LogP contribution in [0.2, 0.25) is 10.0 Å². The zero-order valence-corrected chi connectivity index (χ0v) is 15.6. The Morgan fingerprint density at radius 2 is 1.73 bits per heavy atom. The Labute approximate surface area is 162 Å². The van der Waals surface area contributed by atoms with Crippen LogP contribution in [-0.4, -0.2) is 5.91 Å². The van der Waals surface area contributed by atoms with Crippen LogP contribution in [0.3, 0.4) is 0 Å². The minimum Gasteiger partial charge on any atom is -0.457 e. The second kappa shape index (κ2) is 8.26. The van der Waals surface area contributed by atoms with E-state index in [-0.39, 0.29) is 5.91 Å². The van der Waals surface area contributed by atoms with E-state index >= 15 is 0 Å². The van der Waals surface area contributed by atoms with Crippen LogP contribution in [0.25, 0.3) is 17.4 Å². The molecule has 0 unspecified atom stereocenters. The van der Waals surface area contributed by atoms with E-state index in [1.807, 2.05) is 30.3 Å². The first-order valence-corrected chi connectivity index (χ1v) is 8.93. The van der Waals surface area contributed by atoms with Crippen LogP contribution in [0, 0.1) is 0 Å². The van der Waals surface area contributed by atoms with Gasteiger partial charge >= 0.3 is 0 Å². The third-order valence-electron chi connectivity index (χ3n) is 3.80. The van der Waals surface area contributed by atoms with Crippen LogP contribution in [0.15, 0.2) is 65.1 Å². The molecule has 2 aromatic carbocycles. The van der Waals surface area contributed by atoms with Crippen molar-refractivity contribution < 1.29 is 9.21 Å². The van der Waals surface area contributed by atoms with Gasteiger partial charge in [0.1, 0.15) is 11.5 Å². The van der Waals surface area contributed by atoms with Gasteiger partial charge < -0.3 is 9.73 Å². The Morgan fingerprint density at radius 1 is 1.04 bits per heavy atom. The summed E-state index contributed by atoms with van der Waals surface area (Å²) in [6.45, 7) is 2.09. The molecule has 0 aliphatic rings. The van der Waals surface area contributed by atoms with Gasteiger partial charge in [-0.3, -0.25) is 4.79 Å². The maximum absolute atomic E-state index is 12.0. The molecule has 0 radical (unpaired) electrons. The molecular weight excluding hydrogens is 369 g/mol. The Morgan fingerprint density at radius 3 is 2.38 bits per heavy atom. The first-order chi connectivity index (χ1) is 12.5. The van der Waals surface area contributed by atoms with Gasteiger partial charge in [-0.15, -0.1) is 0 Å². The fourth-order valence-corrected chi connectivity index (χ4v) is 2.99. The van der Waals surface area contributed by atoms with Crippen molar-refractivity contribution >= 4 is 40.9 Å². The largest absolute Gasteiger partial charge is 0.457 e. The molecule has 26 heavy (non-hydrogen) atoms. The lowest BCUT2D eigenvalue weighted by molar-refractivity contribution is -0.111. The van der Waals surface area contributed by atoms with Crippen molar-refractivity contribution in [3.63, 3.8) is 0 Å². The van der Waals surface area contributed by atoms with Crippen LogP contribution in [0.1, 0.15) is 18.2 Å². The maximum atomic E-state index is 12.0. The van der Waals surface area contributed by atoms with E-state index in [1.165, 1.54) is 11.6 Å². The van der Waals surface area contributed by atoms with Gasteiger partial charge in [0.25, 0.3) is 0 Å². The van der Waals surface area contributed by atoms with Crippen molar-refractivity contribution in [3.8, 4) is 11.3 Å². The maximum Gasteiger partial charge on any atom is 0.248 e. The standard InChI is InChI=1S/C21H17Cl2NO2/c1-2-14-3-5-18(6-4-14)24-21(25)10-8-19-7-9-20(26-19)15-11-16(22)13-17(23)12-15/h3-13H,2H2,1H3,(H,24,25)/b10-8+. The monoisotopic (exact) mass is 385 g/mol. The fourth-order valence-electron chi connectivity index (χ4n) is 2.46. The molecule has 5 heteroatoms. The van der Waals surface area contributed by atoms with Gasteiger partial charge in [-0.2, -0.15) is 0 Å². The smallest absolute Gasteiger partial charge is 0.248 e. The summed E-state index contributed by atoms with van der Waals surface area (Å²) < 4.78 is 5.73. The molecule has 3 aromatic rings. The molecule has 3 nitrogen and oxygen atoms in total. The molecule has 0 atom stereocenters. The molecule has 0 spiro atoms. The van der Waals surface area contributed by atoms with Gasteiger partial charge in [0.2, 0.25) is 5.91 Å². The summed E-state index contributed by atoms with van der Waals surface area (Å²) in [5, 5.41) is 3.89. The summed E-state index contributed by atoms with van der Waals surface area (Å²) in [5.74, 6) is 0.968. The van der Waals surface area contributed by atoms with E-state index in [0.717, 1.165) is 17.7 Å². The quantitative estimate of drug-likeness (QED) is 0.511. The first kappa shape index (κ1) is 18.3. The predicted octanol–water partition coefficient (Wildman–Crippen LogP) is 6.47. The molecule has 0 saturated heterocycles. The number of aryl methyl sites for hydroxylation is 1. The Kier molecular flexibility index (Phi) is 5.82. The van der Waals surface area contributed by atoms with Crippen LogP contribution < -0.4 is 5.32 Å². The molecule has 1 amide bonds. The second-order valence-corrected chi connectivity index (χ2v) is 6.61. The second-order valence-electron chi connectivity index (χ2n) is 5.73. The zero-order chi connectivity index (χ0) is 18.5. The van der Waals surface area contributed by atoms with Gasteiger partial charge in [0.05, 0.1) is 0 Å². The summed E-state index contributed by atoms with van der Waals surface area (Å²) in [6, 6.07) is 16.6. The molecule has 0 fully saturated rings. The van der Waals surface area contributed by atoms with Crippen LogP contribution >= 0.6 is 23.2 Å². The number of amides is 1. The zero-order valence-electron chi connectivity index (χ0n) is 14.1. The topological polar surface area (TPSA) is 42.2 Å². The number of furan rings is 1. The van der Waals surface area contributed by atoms with Gasteiger partial charge in [0, 0.05) is 27.4 Å². The van der Waals surface area contributed by atoms with E-state index in [2.05, 4.69) is 12.2 Å². The van der Waals surface area contributed by atoms with Crippen molar-refractivity contribution in [2.75, 3.05) is 5.32 Å². The van der Waals surface area contributed by atoms with Gasteiger partial charge in [-0.1, -0.05) is 42.3 Å². The molecule has 0 saturated carbocycles. The molecule has 1 heterocycles. The Balaban J connectivity index is 1.66. The SMILES string of the molecule is CCc1ccc(NC(=O)/C=C/c2ccc(-c3cc(Cl)cc(Cl)c3)o2)cc1. The van der Waals surface area contributed by atoms with Crippen LogP contribution in [0.4, 0.5) is 5.69 Å². The third-order valence-corrected chi connectivity index (χ3v) is 4.24. The highest BCUT2D eigenvalue weighted by molar-refractivity contribution is 6.35. The molecule has 1 aromatic heterocycles.